The minimum Gasteiger partial charge on any atom is -0.331 e. The third kappa shape index (κ3) is 2.58. The van der Waals surface area contributed by atoms with Crippen LogP contribution in [0.5, 0.6) is 0 Å². The van der Waals surface area contributed by atoms with E-state index in [4.69, 9.17) is 4.98 Å². The lowest BCUT2D eigenvalue weighted by Crippen LogP contribution is -1.91. The molecule has 100 valence electrons. The van der Waals surface area contributed by atoms with E-state index in [0.717, 1.165) is 16.5 Å². The van der Waals surface area contributed by atoms with Crippen LogP contribution in [0.25, 0.3) is 11.3 Å². The Labute approximate surface area is 123 Å². The second kappa shape index (κ2) is 5.47. The van der Waals surface area contributed by atoms with E-state index in [1.54, 1.807) is 11.3 Å². The fourth-order valence-corrected chi connectivity index (χ4v) is 2.99. The van der Waals surface area contributed by atoms with Gasteiger partial charge in [-0.2, -0.15) is 0 Å². The van der Waals surface area contributed by atoms with Crippen molar-refractivity contribution in [2.24, 2.45) is 0 Å². The summed E-state index contributed by atoms with van der Waals surface area (Å²) in [6.07, 6.45) is 0. The minimum atomic E-state index is 0.940. The van der Waals surface area contributed by atoms with Crippen LogP contribution in [0.4, 0.5) is 10.8 Å². The first kappa shape index (κ1) is 12.9. The number of nitrogens with zero attached hydrogens (tertiary/aromatic N) is 1. The lowest BCUT2D eigenvalue weighted by molar-refractivity contribution is 1.34. The third-order valence-electron chi connectivity index (χ3n) is 3.23. The molecular formula is C17H16N2S. The van der Waals surface area contributed by atoms with Gasteiger partial charge in [-0.15, -0.1) is 11.3 Å². The number of nitrogens with one attached hydrogen (secondary N) is 1. The summed E-state index contributed by atoms with van der Waals surface area (Å²) in [7, 11) is 0. The van der Waals surface area contributed by atoms with E-state index >= 15 is 0 Å². The first-order chi connectivity index (χ1) is 9.74. The van der Waals surface area contributed by atoms with Gasteiger partial charge in [-0.25, -0.2) is 4.98 Å². The normalized spacial score (nSPS) is 10.5. The van der Waals surface area contributed by atoms with E-state index in [1.807, 2.05) is 30.3 Å². The molecule has 0 radical (unpaired) electrons. The quantitative estimate of drug-likeness (QED) is 0.716. The molecule has 0 aliphatic heterocycles. The minimum absolute atomic E-state index is 0.940. The molecule has 2 aromatic carbocycles. The Morgan fingerprint density at radius 1 is 0.900 bits per heavy atom. The Hall–Kier alpha value is -2.13. The fourth-order valence-electron chi connectivity index (χ4n) is 2.14. The maximum atomic E-state index is 4.72. The summed E-state index contributed by atoms with van der Waals surface area (Å²) in [5.41, 5.74) is 4.56. The highest BCUT2D eigenvalue weighted by atomic mass is 32.1. The lowest BCUT2D eigenvalue weighted by atomic mass is 10.1. The van der Waals surface area contributed by atoms with Gasteiger partial charge < -0.3 is 5.32 Å². The molecule has 0 amide bonds. The Morgan fingerprint density at radius 3 is 2.35 bits per heavy atom. The van der Waals surface area contributed by atoms with E-state index in [2.05, 4.69) is 43.4 Å². The molecule has 3 heteroatoms. The SMILES string of the molecule is Cc1ccccc1Nc1nc(-c2ccccc2)c(C)s1. The Balaban J connectivity index is 1.92. The molecule has 20 heavy (non-hydrogen) atoms. The summed E-state index contributed by atoms with van der Waals surface area (Å²) in [6.45, 7) is 4.21. The first-order valence-corrected chi connectivity index (χ1v) is 7.41. The second-order valence-electron chi connectivity index (χ2n) is 4.73. The molecule has 1 heterocycles. The molecule has 2 nitrogen and oxygen atoms in total. The van der Waals surface area contributed by atoms with Gasteiger partial charge >= 0.3 is 0 Å². The van der Waals surface area contributed by atoms with Crippen LogP contribution in [0.3, 0.4) is 0 Å². The fraction of sp³-hybridized carbons (Fsp3) is 0.118. The topological polar surface area (TPSA) is 24.9 Å². The standard InChI is InChI=1S/C17H16N2S/c1-12-8-6-7-11-15(12)18-17-19-16(13(2)20-17)14-9-4-3-5-10-14/h3-11H,1-2H3,(H,18,19). The average Bonchev–Trinajstić information content (AvgIpc) is 2.83. The molecule has 0 saturated carbocycles. The van der Waals surface area contributed by atoms with E-state index in [1.165, 1.54) is 16.0 Å². The Bertz CT molecular complexity index is 717. The number of rotatable bonds is 3. The molecule has 0 atom stereocenters. The highest BCUT2D eigenvalue weighted by molar-refractivity contribution is 7.16. The summed E-state index contributed by atoms with van der Waals surface area (Å²) in [4.78, 5) is 5.95. The monoisotopic (exact) mass is 280 g/mol. The highest BCUT2D eigenvalue weighted by Gasteiger charge is 2.10. The van der Waals surface area contributed by atoms with Crippen molar-refractivity contribution in [3.05, 3.63) is 65.0 Å². The summed E-state index contributed by atoms with van der Waals surface area (Å²) < 4.78 is 0. The zero-order chi connectivity index (χ0) is 13.9. The van der Waals surface area contributed by atoms with Crippen LogP contribution >= 0.6 is 11.3 Å². The van der Waals surface area contributed by atoms with Crippen molar-refractivity contribution in [1.29, 1.82) is 0 Å². The van der Waals surface area contributed by atoms with Gasteiger partial charge in [0, 0.05) is 16.1 Å². The summed E-state index contributed by atoms with van der Waals surface area (Å²) >= 11 is 1.69. The van der Waals surface area contributed by atoms with Crippen molar-refractivity contribution >= 4 is 22.2 Å². The van der Waals surface area contributed by atoms with Crippen molar-refractivity contribution in [3.8, 4) is 11.3 Å². The molecule has 0 aliphatic carbocycles. The van der Waals surface area contributed by atoms with Crippen LogP contribution in [0.2, 0.25) is 0 Å². The second-order valence-corrected chi connectivity index (χ2v) is 5.93. The van der Waals surface area contributed by atoms with Gasteiger partial charge in [0.1, 0.15) is 0 Å². The number of aromatic nitrogens is 1. The predicted octanol–water partition coefficient (Wildman–Crippen LogP) is 5.17. The van der Waals surface area contributed by atoms with Gasteiger partial charge in [-0.3, -0.25) is 0 Å². The summed E-state index contributed by atoms with van der Waals surface area (Å²) in [5, 5.41) is 4.35. The third-order valence-corrected chi connectivity index (χ3v) is 4.12. The highest BCUT2D eigenvalue weighted by Crippen LogP contribution is 2.32. The number of hydrogen-bond donors (Lipinski definition) is 1. The van der Waals surface area contributed by atoms with Crippen molar-refractivity contribution in [2.45, 2.75) is 13.8 Å². The van der Waals surface area contributed by atoms with E-state index in [9.17, 15) is 0 Å². The Kier molecular flexibility index (Phi) is 3.52. The van der Waals surface area contributed by atoms with Gasteiger partial charge in [0.15, 0.2) is 5.13 Å². The molecular weight excluding hydrogens is 264 g/mol. The first-order valence-electron chi connectivity index (χ1n) is 6.59. The van der Waals surface area contributed by atoms with Gasteiger partial charge in [0.25, 0.3) is 0 Å². The van der Waals surface area contributed by atoms with Crippen LogP contribution in [-0.4, -0.2) is 4.98 Å². The number of para-hydroxylation sites is 1. The number of benzene rings is 2. The van der Waals surface area contributed by atoms with E-state index in [0.29, 0.717) is 0 Å². The number of hydrogen-bond acceptors (Lipinski definition) is 3. The van der Waals surface area contributed by atoms with Gasteiger partial charge in [-0.1, -0.05) is 48.5 Å². The molecule has 0 spiro atoms. The van der Waals surface area contributed by atoms with Crippen LogP contribution in [0.1, 0.15) is 10.4 Å². The average molecular weight is 280 g/mol. The molecule has 1 aromatic heterocycles. The predicted molar refractivity (Wildman–Crippen MR) is 86.7 cm³/mol. The molecule has 0 aliphatic rings. The van der Waals surface area contributed by atoms with Crippen LogP contribution in [0, 0.1) is 13.8 Å². The van der Waals surface area contributed by atoms with Gasteiger partial charge in [0.2, 0.25) is 0 Å². The van der Waals surface area contributed by atoms with Crippen LogP contribution < -0.4 is 5.32 Å². The van der Waals surface area contributed by atoms with E-state index in [-0.39, 0.29) is 0 Å². The van der Waals surface area contributed by atoms with Crippen molar-refractivity contribution in [3.63, 3.8) is 0 Å². The maximum absolute atomic E-state index is 4.72. The van der Waals surface area contributed by atoms with Crippen molar-refractivity contribution < 1.29 is 0 Å². The van der Waals surface area contributed by atoms with Gasteiger partial charge in [-0.05, 0) is 25.5 Å². The molecule has 0 bridgehead atoms. The maximum Gasteiger partial charge on any atom is 0.187 e. The smallest absolute Gasteiger partial charge is 0.187 e. The molecule has 0 fully saturated rings. The van der Waals surface area contributed by atoms with Crippen LogP contribution in [0.15, 0.2) is 54.6 Å². The molecule has 1 N–H and O–H groups in total. The largest absolute Gasteiger partial charge is 0.331 e. The van der Waals surface area contributed by atoms with Crippen LogP contribution in [-0.2, 0) is 0 Å². The lowest BCUT2D eigenvalue weighted by Gasteiger charge is -2.05. The Morgan fingerprint density at radius 2 is 1.60 bits per heavy atom. The zero-order valence-corrected chi connectivity index (χ0v) is 12.4. The van der Waals surface area contributed by atoms with Crippen molar-refractivity contribution in [1.82, 2.24) is 4.98 Å². The number of aryl methyl sites for hydroxylation is 2. The molecule has 0 unspecified atom stereocenters. The van der Waals surface area contributed by atoms with Crippen molar-refractivity contribution in [2.75, 3.05) is 5.32 Å². The zero-order valence-electron chi connectivity index (χ0n) is 11.6. The molecule has 3 rings (SSSR count). The molecule has 3 aromatic rings. The number of thiazole rings is 1. The van der Waals surface area contributed by atoms with E-state index < -0.39 is 0 Å². The molecule has 0 saturated heterocycles. The number of anilines is 2. The van der Waals surface area contributed by atoms with Gasteiger partial charge in [0.05, 0.1) is 5.69 Å². The summed E-state index contributed by atoms with van der Waals surface area (Å²) in [6, 6.07) is 18.6. The summed E-state index contributed by atoms with van der Waals surface area (Å²) in [5.74, 6) is 0.